The standard InChI is InChI=1S/C12H11IN2OS/c1-15(10-5-3-2-4-9(10)14)12(16)8-6-11(13)17-7-8/h2-7H,14H2,1H3. The highest BCUT2D eigenvalue weighted by Gasteiger charge is 2.16. The van der Waals surface area contributed by atoms with Gasteiger partial charge in [-0.2, -0.15) is 0 Å². The molecule has 3 nitrogen and oxygen atoms in total. The largest absolute Gasteiger partial charge is 0.397 e. The van der Waals surface area contributed by atoms with Crippen molar-refractivity contribution < 1.29 is 4.79 Å². The Morgan fingerprint density at radius 1 is 1.41 bits per heavy atom. The number of carbonyl (C=O) groups excluding carboxylic acids is 1. The van der Waals surface area contributed by atoms with Crippen LogP contribution in [0.2, 0.25) is 0 Å². The van der Waals surface area contributed by atoms with Gasteiger partial charge in [-0.15, -0.1) is 11.3 Å². The predicted molar refractivity (Wildman–Crippen MR) is 80.6 cm³/mol. The van der Waals surface area contributed by atoms with Crippen molar-refractivity contribution in [3.05, 3.63) is 44.2 Å². The highest BCUT2D eigenvalue weighted by Crippen LogP contribution is 2.24. The van der Waals surface area contributed by atoms with Gasteiger partial charge in [0.2, 0.25) is 0 Å². The van der Waals surface area contributed by atoms with E-state index in [1.165, 1.54) is 0 Å². The van der Waals surface area contributed by atoms with Gasteiger partial charge < -0.3 is 10.6 Å². The molecule has 0 aliphatic carbocycles. The van der Waals surface area contributed by atoms with Crippen LogP contribution in [0.5, 0.6) is 0 Å². The summed E-state index contributed by atoms with van der Waals surface area (Å²) in [6.45, 7) is 0. The van der Waals surface area contributed by atoms with Crippen molar-refractivity contribution in [3.8, 4) is 0 Å². The molecule has 1 aromatic carbocycles. The first-order valence-corrected chi connectivity index (χ1v) is 6.92. The van der Waals surface area contributed by atoms with Gasteiger partial charge >= 0.3 is 0 Å². The lowest BCUT2D eigenvalue weighted by Gasteiger charge is -2.18. The van der Waals surface area contributed by atoms with E-state index in [0.29, 0.717) is 11.3 Å². The summed E-state index contributed by atoms with van der Waals surface area (Å²) in [5.74, 6) is -0.0398. The van der Waals surface area contributed by atoms with E-state index in [9.17, 15) is 4.79 Å². The van der Waals surface area contributed by atoms with Gasteiger partial charge in [0, 0.05) is 12.4 Å². The van der Waals surface area contributed by atoms with Gasteiger partial charge in [0.15, 0.2) is 0 Å². The Bertz CT molecular complexity index is 553. The zero-order valence-electron chi connectivity index (χ0n) is 9.18. The molecule has 0 fully saturated rings. The maximum Gasteiger partial charge on any atom is 0.258 e. The number of thiophene rings is 1. The van der Waals surface area contributed by atoms with Crippen molar-refractivity contribution in [2.75, 3.05) is 17.7 Å². The minimum atomic E-state index is -0.0398. The van der Waals surface area contributed by atoms with Crippen LogP contribution in [0.25, 0.3) is 0 Å². The zero-order valence-corrected chi connectivity index (χ0v) is 12.2. The van der Waals surface area contributed by atoms with Crippen LogP contribution in [0.4, 0.5) is 11.4 Å². The molecule has 2 rings (SSSR count). The fourth-order valence-electron chi connectivity index (χ4n) is 1.52. The third-order valence-corrected chi connectivity index (χ3v) is 4.21. The van der Waals surface area contributed by atoms with Crippen molar-refractivity contribution in [1.29, 1.82) is 0 Å². The van der Waals surface area contributed by atoms with Crippen molar-refractivity contribution in [3.63, 3.8) is 0 Å². The number of amides is 1. The average Bonchev–Trinajstić information content (AvgIpc) is 2.75. The van der Waals surface area contributed by atoms with Crippen LogP contribution >= 0.6 is 33.9 Å². The lowest BCUT2D eigenvalue weighted by atomic mass is 10.2. The molecule has 0 atom stereocenters. The molecule has 0 aliphatic heterocycles. The first-order chi connectivity index (χ1) is 8.09. The number of anilines is 2. The second kappa shape index (κ2) is 5.05. The molecule has 5 heteroatoms. The number of benzene rings is 1. The third kappa shape index (κ3) is 2.61. The van der Waals surface area contributed by atoms with Gasteiger partial charge in [0.1, 0.15) is 0 Å². The second-order valence-corrected chi connectivity index (χ2v) is 6.37. The third-order valence-electron chi connectivity index (χ3n) is 2.42. The maximum atomic E-state index is 12.2. The Hall–Kier alpha value is -1.08. The van der Waals surface area contributed by atoms with E-state index in [4.69, 9.17) is 5.73 Å². The van der Waals surface area contributed by atoms with Gasteiger partial charge in [0.25, 0.3) is 5.91 Å². The molecule has 0 bridgehead atoms. The molecular formula is C12H11IN2OS. The smallest absolute Gasteiger partial charge is 0.258 e. The van der Waals surface area contributed by atoms with Crippen molar-refractivity contribution in [2.24, 2.45) is 0 Å². The van der Waals surface area contributed by atoms with Crippen LogP contribution < -0.4 is 10.6 Å². The normalized spacial score (nSPS) is 10.2. The molecule has 2 aromatic rings. The lowest BCUT2D eigenvalue weighted by Crippen LogP contribution is -2.26. The van der Waals surface area contributed by atoms with E-state index in [-0.39, 0.29) is 5.91 Å². The van der Waals surface area contributed by atoms with E-state index in [1.54, 1.807) is 29.4 Å². The van der Waals surface area contributed by atoms with Crippen LogP contribution in [0, 0.1) is 2.88 Å². The molecule has 1 amide bonds. The molecule has 1 heterocycles. The molecule has 0 aliphatic rings. The molecule has 2 N–H and O–H groups in total. The fraction of sp³-hybridized carbons (Fsp3) is 0.0833. The summed E-state index contributed by atoms with van der Waals surface area (Å²) in [7, 11) is 1.73. The molecule has 0 saturated heterocycles. The molecule has 1 aromatic heterocycles. The van der Waals surface area contributed by atoms with Gasteiger partial charge in [0.05, 0.1) is 19.8 Å². The number of nitrogen functional groups attached to an aromatic ring is 1. The van der Waals surface area contributed by atoms with E-state index in [2.05, 4.69) is 22.6 Å². The minimum Gasteiger partial charge on any atom is -0.397 e. The minimum absolute atomic E-state index is 0.0398. The molecule has 0 spiro atoms. The average molecular weight is 358 g/mol. The van der Waals surface area contributed by atoms with E-state index in [0.717, 1.165) is 8.57 Å². The fourth-order valence-corrected chi connectivity index (χ4v) is 2.84. The summed E-state index contributed by atoms with van der Waals surface area (Å²) in [6.07, 6.45) is 0. The summed E-state index contributed by atoms with van der Waals surface area (Å²) in [4.78, 5) is 13.8. The van der Waals surface area contributed by atoms with Crippen LogP contribution in [0.15, 0.2) is 35.7 Å². The number of nitrogens with two attached hydrogens (primary N) is 1. The van der Waals surface area contributed by atoms with Crippen LogP contribution in [-0.2, 0) is 0 Å². The number of rotatable bonds is 2. The molecule has 0 radical (unpaired) electrons. The van der Waals surface area contributed by atoms with Crippen molar-refractivity contribution in [1.82, 2.24) is 0 Å². The highest BCUT2D eigenvalue weighted by molar-refractivity contribution is 14.1. The first kappa shape index (κ1) is 12.4. The number of hydrogen-bond donors (Lipinski definition) is 1. The van der Waals surface area contributed by atoms with Gasteiger partial charge in [-0.3, -0.25) is 4.79 Å². The highest BCUT2D eigenvalue weighted by atomic mass is 127. The van der Waals surface area contributed by atoms with Crippen molar-refractivity contribution >= 4 is 51.2 Å². The SMILES string of the molecule is CN(C(=O)c1csc(I)c1)c1ccccc1N. The molecular weight excluding hydrogens is 347 g/mol. The molecule has 17 heavy (non-hydrogen) atoms. The topological polar surface area (TPSA) is 46.3 Å². The Morgan fingerprint density at radius 2 is 2.12 bits per heavy atom. The van der Waals surface area contributed by atoms with Crippen LogP contribution in [0.1, 0.15) is 10.4 Å². The van der Waals surface area contributed by atoms with Crippen LogP contribution in [0.3, 0.4) is 0 Å². The first-order valence-electron chi connectivity index (χ1n) is 4.96. The number of nitrogens with zero attached hydrogens (tertiary/aromatic N) is 1. The van der Waals surface area contributed by atoms with Gasteiger partial charge in [-0.05, 0) is 40.8 Å². The molecule has 0 saturated carbocycles. The number of carbonyl (C=O) groups is 1. The Morgan fingerprint density at radius 3 is 2.71 bits per heavy atom. The predicted octanol–water partition coefficient (Wildman–Crippen LogP) is 3.21. The monoisotopic (exact) mass is 358 g/mol. The van der Waals surface area contributed by atoms with E-state index in [1.807, 2.05) is 29.6 Å². The van der Waals surface area contributed by atoms with Crippen molar-refractivity contribution in [2.45, 2.75) is 0 Å². The molecule has 0 unspecified atom stereocenters. The number of halogens is 1. The van der Waals surface area contributed by atoms with E-state index >= 15 is 0 Å². The van der Waals surface area contributed by atoms with Gasteiger partial charge in [-0.1, -0.05) is 12.1 Å². The summed E-state index contributed by atoms with van der Waals surface area (Å²) < 4.78 is 1.10. The van der Waals surface area contributed by atoms with Gasteiger partial charge in [-0.25, -0.2) is 0 Å². The lowest BCUT2D eigenvalue weighted by molar-refractivity contribution is 0.0993. The summed E-state index contributed by atoms with van der Waals surface area (Å²) in [6, 6.07) is 9.22. The summed E-state index contributed by atoms with van der Waals surface area (Å²) >= 11 is 3.76. The Balaban J connectivity index is 2.29. The Kier molecular flexibility index (Phi) is 3.68. The zero-order chi connectivity index (χ0) is 12.4. The summed E-state index contributed by atoms with van der Waals surface area (Å²) in [5, 5.41) is 1.86. The second-order valence-electron chi connectivity index (χ2n) is 3.56. The van der Waals surface area contributed by atoms with Crippen LogP contribution in [-0.4, -0.2) is 13.0 Å². The number of hydrogen-bond acceptors (Lipinski definition) is 3. The number of para-hydroxylation sites is 2. The maximum absolute atomic E-state index is 12.2. The Labute approximate surface area is 117 Å². The van der Waals surface area contributed by atoms with E-state index < -0.39 is 0 Å². The molecule has 88 valence electrons. The quantitative estimate of drug-likeness (QED) is 0.662. The summed E-state index contributed by atoms with van der Waals surface area (Å²) in [5.41, 5.74) is 7.89.